The van der Waals surface area contributed by atoms with Crippen LogP contribution in [-0.2, 0) is 20.9 Å². The molecular formula is C25H22N6O2S2. The molecule has 0 fully saturated rings. The second-order valence-electron chi connectivity index (χ2n) is 8.20. The van der Waals surface area contributed by atoms with Gasteiger partial charge in [0.15, 0.2) is 5.82 Å². The Bertz CT molecular complexity index is 1650. The highest BCUT2D eigenvalue weighted by molar-refractivity contribution is 7.91. The van der Waals surface area contributed by atoms with Gasteiger partial charge in [-0.25, -0.2) is 23.6 Å². The van der Waals surface area contributed by atoms with Crippen LogP contribution in [0.3, 0.4) is 0 Å². The van der Waals surface area contributed by atoms with Crippen molar-refractivity contribution in [2.75, 3.05) is 11.6 Å². The number of hydrogen-bond donors (Lipinski definition) is 2. The fourth-order valence-corrected chi connectivity index (χ4v) is 5.10. The molecule has 0 bridgehead atoms. The number of pyridine rings is 1. The Morgan fingerprint density at radius 2 is 1.91 bits per heavy atom. The zero-order valence-electron chi connectivity index (χ0n) is 19.1. The van der Waals surface area contributed by atoms with Crippen LogP contribution in [0.2, 0.25) is 0 Å². The maximum Gasteiger partial charge on any atom is 0.230 e. The van der Waals surface area contributed by atoms with Gasteiger partial charge >= 0.3 is 0 Å². The van der Waals surface area contributed by atoms with Crippen molar-refractivity contribution < 1.29 is 9.00 Å². The largest absolute Gasteiger partial charge is 0.326 e. The molecule has 10 heteroatoms. The van der Waals surface area contributed by atoms with Crippen molar-refractivity contribution in [3.63, 3.8) is 0 Å². The molecule has 0 aliphatic carbocycles. The third kappa shape index (κ3) is 4.98. The summed E-state index contributed by atoms with van der Waals surface area (Å²) in [6, 6.07) is 20.2. The number of carbonyl (C=O) groups is 1. The van der Waals surface area contributed by atoms with Crippen LogP contribution in [-0.4, -0.2) is 36.1 Å². The maximum atomic E-state index is 12.8. The van der Waals surface area contributed by atoms with Crippen molar-refractivity contribution >= 4 is 42.9 Å². The minimum Gasteiger partial charge on any atom is -0.326 e. The lowest BCUT2D eigenvalue weighted by atomic mass is 10.1. The zero-order valence-corrected chi connectivity index (χ0v) is 20.7. The lowest BCUT2D eigenvalue weighted by Crippen LogP contribution is -2.15. The SMILES string of the molecule is Cc1cccc(-n2nc(CC(=O)Nc3ccc(S(C)(=N)=O)cc3)cc2-c2ccc3ncsc3c2)n1. The molecule has 1 unspecified atom stereocenters. The normalized spacial score (nSPS) is 13.0. The average molecular weight is 503 g/mol. The molecule has 0 spiro atoms. The summed E-state index contributed by atoms with van der Waals surface area (Å²) in [7, 11) is -2.80. The Balaban J connectivity index is 1.45. The summed E-state index contributed by atoms with van der Waals surface area (Å²) in [5.74, 6) is 0.442. The first kappa shape index (κ1) is 22.9. The van der Waals surface area contributed by atoms with Gasteiger partial charge in [0.1, 0.15) is 0 Å². The number of aromatic nitrogens is 4. The van der Waals surface area contributed by atoms with Gasteiger partial charge in [0.05, 0.1) is 43.3 Å². The molecule has 0 aliphatic rings. The van der Waals surface area contributed by atoms with Crippen LogP contribution in [0.1, 0.15) is 11.4 Å². The highest BCUT2D eigenvalue weighted by Crippen LogP contribution is 2.28. The van der Waals surface area contributed by atoms with E-state index in [0.717, 1.165) is 27.2 Å². The van der Waals surface area contributed by atoms with Gasteiger partial charge < -0.3 is 5.32 Å². The van der Waals surface area contributed by atoms with Gasteiger partial charge in [-0.1, -0.05) is 12.1 Å². The molecule has 5 rings (SSSR count). The molecule has 35 heavy (non-hydrogen) atoms. The van der Waals surface area contributed by atoms with Crippen LogP contribution in [0.25, 0.3) is 27.3 Å². The van der Waals surface area contributed by atoms with Gasteiger partial charge in [-0.15, -0.1) is 11.3 Å². The smallest absolute Gasteiger partial charge is 0.230 e. The first-order chi connectivity index (χ1) is 16.8. The Morgan fingerprint density at radius 3 is 2.66 bits per heavy atom. The van der Waals surface area contributed by atoms with Crippen LogP contribution in [0, 0.1) is 11.7 Å². The molecule has 3 heterocycles. The van der Waals surface area contributed by atoms with Gasteiger partial charge in [0.25, 0.3) is 0 Å². The lowest BCUT2D eigenvalue weighted by Gasteiger charge is -2.07. The summed E-state index contributed by atoms with van der Waals surface area (Å²) in [6.45, 7) is 1.92. The molecule has 176 valence electrons. The summed E-state index contributed by atoms with van der Waals surface area (Å²) in [6.07, 6.45) is 1.43. The number of benzene rings is 2. The molecule has 1 amide bonds. The van der Waals surface area contributed by atoms with Gasteiger partial charge in [-0.3, -0.25) is 4.79 Å². The van der Waals surface area contributed by atoms with E-state index in [1.807, 2.05) is 48.8 Å². The van der Waals surface area contributed by atoms with Crippen LogP contribution in [0.15, 0.2) is 77.1 Å². The van der Waals surface area contributed by atoms with Gasteiger partial charge in [0.2, 0.25) is 5.91 Å². The molecule has 2 N–H and O–H groups in total. The Hall–Kier alpha value is -3.89. The molecular weight excluding hydrogens is 480 g/mol. The van der Waals surface area contributed by atoms with E-state index in [0.29, 0.717) is 22.1 Å². The number of hydrogen-bond acceptors (Lipinski definition) is 7. The predicted molar refractivity (Wildman–Crippen MR) is 139 cm³/mol. The number of nitrogens with one attached hydrogen (secondary N) is 2. The summed E-state index contributed by atoms with van der Waals surface area (Å²) < 4.78 is 22.4. The van der Waals surface area contributed by atoms with Crippen LogP contribution in [0.5, 0.6) is 0 Å². The summed E-state index contributed by atoms with van der Waals surface area (Å²) in [5.41, 5.74) is 6.58. The van der Waals surface area contributed by atoms with E-state index in [4.69, 9.17) is 9.88 Å². The minimum atomic E-state index is -2.80. The zero-order chi connectivity index (χ0) is 24.6. The molecule has 5 aromatic rings. The Labute approximate surface area is 206 Å². The second kappa shape index (κ2) is 9.05. The quantitative estimate of drug-likeness (QED) is 0.337. The van der Waals surface area contributed by atoms with Crippen molar-refractivity contribution in [2.24, 2.45) is 0 Å². The van der Waals surface area contributed by atoms with Gasteiger partial charge in [-0.2, -0.15) is 5.10 Å². The fourth-order valence-electron chi connectivity index (χ4n) is 3.73. The highest BCUT2D eigenvalue weighted by Gasteiger charge is 2.16. The fraction of sp³-hybridized carbons (Fsp3) is 0.120. The molecule has 0 radical (unpaired) electrons. The molecule has 2 aromatic carbocycles. The second-order valence-corrected chi connectivity index (χ2v) is 11.2. The van der Waals surface area contributed by atoms with Gasteiger partial charge in [-0.05, 0) is 61.5 Å². The van der Waals surface area contributed by atoms with Crippen LogP contribution in [0.4, 0.5) is 5.69 Å². The van der Waals surface area contributed by atoms with E-state index in [1.54, 1.807) is 40.3 Å². The predicted octanol–water partition coefficient (Wildman–Crippen LogP) is 5.07. The molecule has 0 saturated heterocycles. The third-order valence-corrected chi connectivity index (χ3v) is 7.37. The lowest BCUT2D eigenvalue weighted by molar-refractivity contribution is -0.115. The van der Waals surface area contributed by atoms with E-state index < -0.39 is 9.73 Å². The molecule has 0 saturated carbocycles. The average Bonchev–Trinajstić information content (AvgIpc) is 3.45. The summed E-state index contributed by atoms with van der Waals surface area (Å²) >= 11 is 1.57. The van der Waals surface area contributed by atoms with Crippen molar-refractivity contribution in [1.29, 1.82) is 4.78 Å². The number of thiazole rings is 1. The van der Waals surface area contributed by atoms with E-state index in [9.17, 15) is 9.00 Å². The number of aryl methyl sites for hydroxylation is 1. The van der Waals surface area contributed by atoms with Gasteiger partial charge in [0, 0.05) is 28.1 Å². The van der Waals surface area contributed by atoms with Crippen LogP contribution >= 0.6 is 11.3 Å². The third-order valence-electron chi connectivity index (χ3n) is 5.41. The maximum absolute atomic E-state index is 12.8. The number of amides is 1. The van der Waals surface area contributed by atoms with Crippen molar-refractivity contribution in [2.45, 2.75) is 18.2 Å². The van der Waals surface area contributed by atoms with Crippen LogP contribution < -0.4 is 5.32 Å². The summed E-state index contributed by atoms with van der Waals surface area (Å²) in [5, 5.41) is 7.55. The molecule has 1 atom stereocenters. The van der Waals surface area contributed by atoms with Crippen molar-refractivity contribution in [3.05, 3.63) is 83.6 Å². The van der Waals surface area contributed by atoms with E-state index in [2.05, 4.69) is 21.4 Å². The molecule has 8 nitrogen and oxygen atoms in total. The number of fused-ring (bicyclic) bond motifs is 1. The van der Waals surface area contributed by atoms with Crippen molar-refractivity contribution in [1.82, 2.24) is 19.7 Å². The standard InChI is InChI=1S/C25H22N6O2S2/c1-16-4-3-5-24(28-16)31-22(17-6-11-21-23(12-17)34-15-27-21)13-19(30-31)14-25(32)29-18-7-9-20(10-8-18)35(2,26)33/h3-13,15,26H,14H2,1-2H3,(H,29,32). The van der Waals surface area contributed by atoms with E-state index in [-0.39, 0.29) is 12.3 Å². The molecule has 3 aromatic heterocycles. The minimum absolute atomic E-state index is 0.0688. The van der Waals surface area contributed by atoms with E-state index >= 15 is 0 Å². The Morgan fingerprint density at radius 1 is 1.11 bits per heavy atom. The number of anilines is 1. The molecule has 0 aliphatic heterocycles. The summed E-state index contributed by atoms with van der Waals surface area (Å²) in [4.78, 5) is 22.2. The first-order valence-corrected chi connectivity index (χ1v) is 13.6. The van der Waals surface area contributed by atoms with E-state index in [1.165, 1.54) is 6.26 Å². The highest BCUT2D eigenvalue weighted by atomic mass is 32.2. The number of carbonyl (C=O) groups excluding carboxylic acids is 1. The number of nitrogens with zero attached hydrogens (tertiary/aromatic N) is 4. The Kier molecular flexibility index (Phi) is 5.91. The topological polar surface area (TPSA) is 114 Å². The number of rotatable bonds is 6. The monoisotopic (exact) mass is 502 g/mol. The van der Waals surface area contributed by atoms with Crippen molar-refractivity contribution in [3.8, 4) is 17.1 Å². The first-order valence-electron chi connectivity index (χ1n) is 10.8.